The minimum Gasteiger partial charge on any atom is -0.480 e. The van der Waals surface area contributed by atoms with Crippen molar-refractivity contribution in [1.82, 2.24) is 4.72 Å². The van der Waals surface area contributed by atoms with Gasteiger partial charge in [-0.3, -0.25) is 4.79 Å². The van der Waals surface area contributed by atoms with Gasteiger partial charge < -0.3 is 9.52 Å². The molecule has 7 heteroatoms. The van der Waals surface area contributed by atoms with Crippen LogP contribution in [0.2, 0.25) is 0 Å². The van der Waals surface area contributed by atoms with E-state index in [1.165, 1.54) is 0 Å². The molecule has 0 saturated carbocycles. The van der Waals surface area contributed by atoms with Crippen molar-refractivity contribution in [2.24, 2.45) is 0 Å². The molecule has 1 aromatic rings. The van der Waals surface area contributed by atoms with Crippen molar-refractivity contribution in [3.05, 3.63) is 24.2 Å². The second-order valence-electron chi connectivity index (χ2n) is 4.16. The Hall–Kier alpha value is -1.34. The zero-order valence-corrected chi connectivity index (χ0v) is 11.1. The van der Waals surface area contributed by atoms with Gasteiger partial charge in [-0.1, -0.05) is 0 Å². The predicted octanol–water partition coefficient (Wildman–Crippen LogP) is 0.993. The molecule has 2 atom stereocenters. The van der Waals surface area contributed by atoms with Gasteiger partial charge in [-0.2, -0.15) is 0 Å². The Morgan fingerprint density at radius 1 is 1.50 bits per heavy atom. The highest BCUT2D eigenvalue weighted by atomic mass is 32.2. The summed E-state index contributed by atoms with van der Waals surface area (Å²) in [5.41, 5.74) is 0. The summed E-state index contributed by atoms with van der Waals surface area (Å²) >= 11 is 0. The van der Waals surface area contributed by atoms with Crippen molar-refractivity contribution in [3.63, 3.8) is 0 Å². The lowest BCUT2D eigenvalue weighted by molar-refractivity contribution is -0.136. The van der Waals surface area contributed by atoms with Crippen LogP contribution >= 0.6 is 0 Å². The highest BCUT2D eigenvalue weighted by Crippen LogP contribution is 2.08. The minimum atomic E-state index is -3.83. The third-order valence-electron chi connectivity index (χ3n) is 2.58. The Morgan fingerprint density at radius 2 is 2.17 bits per heavy atom. The maximum absolute atomic E-state index is 11.6. The van der Waals surface area contributed by atoms with E-state index in [0.717, 1.165) is 12.7 Å². The molecule has 0 radical (unpaired) electrons. The first-order valence-electron chi connectivity index (χ1n) is 5.59. The van der Waals surface area contributed by atoms with Gasteiger partial charge in [-0.25, -0.2) is 13.1 Å². The number of aliphatic carboxylic acids is 1. The van der Waals surface area contributed by atoms with Gasteiger partial charge in [0.1, 0.15) is 5.76 Å². The lowest BCUT2D eigenvalue weighted by Gasteiger charge is -2.15. The molecule has 0 fully saturated rings. The monoisotopic (exact) mass is 275 g/mol. The van der Waals surface area contributed by atoms with Gasteiger partial charge in [0.15, 0.2) is 5.25 Å². The number of hydrogen-bond acceptors (Lipinski definition) is 4. The first-order valence-corrected chi connectivity index (χ1v) is 7.14. The number of aryl methyl sites for hydroxylation is 1. The zero-order valence-electron chi connectivity index (χ0n) is 10.3. The Morgan fingerprint density at radius 3 is 2.67 bits per heavy atom. The largest absolute Gasteiger partial charge is 0.480 e. The first kappa shape index (κ1) is 14.7. The maximum atomic E-state index is 11.6. The van der Waals surface area contributed by atoms with Crippen molar-refractivity contribution in [2.75, 3.05) is 0 Å². The fourth-order valence-electron chi connectivity index (χ4n) is 1.39. The van der Waals surface area contributed by atoms with E-state index in [1.54, 1.807) is 25.3 Å². The topological polar surface area (TPSA) is 96.6 Å². The molecule has 2 N–H and O–H groups in total. The van der Waals surface area contributed by atoms with Gasteiger partial charge in [-0.05, 0) is 32.4 Å². The van der Waals surface area contributed by atoms with Crippen LogP contribution in [0.3, 0.4) is 0 Å². The van der Waals surface area contributed by atoms with Crippen LogP contribution in [-0.2, 0) is 21.2 Å². The Kier molecular flexibility index (Phi) is 4.92. The number of furan rings is 1. The van der Waals surface area contributed by atoms with Crippen molar-refractivity contribution in [3.8, 4) is 0 Å². The van der Waals surface area contributed by atoms with Gasteiger partial charge in [0.2, 0.25) is 10.0 Å². The molecule has 0 aromatic carbocycles. The van der Waals surface area contributed by atoms with E-state index in [9.17, 15) is 13.2 Å². The van der Waals surface area contributed by atoms with Crippen molar-refractivity contribution >= 4 is 16.0 Å². The van der Waals surface area contributed by atoms with Crippen LogP contribution in [0.5, 0.6) is 0 Å². The molecule has 1 aromatic heterocycles. The van der Waals surface area contributed by atoms with E-state index in [2.05, 4.69) is 4.72 Å². The molecule has 1 heterocycles. The summed E-state index contributed by atoms with van der Waals surface area (Å²) in [6.07, 6.45) is 2.69. The normalized spacial score (nSPS) is 15.2. The summed E-state index contributed by atoms with van der Waals surface area (Å²) in [4.78, 5) is 10.6. The Balaban J connectivity index is 2.49. The standard InChI is InChI=1S/C11H17NO5S/c1-8(5-6-10-4-3-7-17-10)12-18(15,16)9(2)11(13)14/h3-4,7-9,12H,5-6H2,1-2H3,(H,13,14). The molecule has 0 aliphatic rings. The number of carbonyl (C=O) groups is 1. The minimum absolute atomic E-state index is 0.345. The summed E-state index contributed by atoms with van der Waals surface area (Å²) in [6.45, 7) is 2.83. The van der Waals surface area contributed by atoms with E-state index in [-0.39, 0.29) is 6.04 Å². The van der Waals surface area contributed by atoms with Crippen molar-refractivity contribution in [1.29, 1.82) is 0 Å². The summed E-state index contributed by atoms with van der Waals surface area (Å²) in [7, 11) is -3.83. The summed E-state index contributed by atoms with van der Waals surface area (Å²) < 4.78 is 30.7. The van der Waals surface area contributed by atoms with Crippen LogP contribution in [0.1, 0.15) is 26.0 Å². The number of carboxylic acid groups (broad SMARTS) is 1. The Bertz CT molecular complexity index is 480. The second-order valence-corrected chi connectivity index (χ2v) is 6.20. The van der Waals surface area contributed by atoms with Crippen LogP contribution in [0.25, 0.3) is 0 Å². The van der Waals surface area contributed by atoms with Gasteiger partial charge >= 0.3 is 5.97 Å². The Labute approximate surface area is 106 Å². The van der Waals surface area contributed by atoms with Crippen molar-refractivity contribution < 1.29 is 22.7 Å². The van der Waals surface area contributed by atoms with Crippen LogP contribution in [-0.4, -0.2) is 30.8 Å². The molecular weight excluding hydrogens is 258 g/mol. The molecule has 0 aliphatic carbocycles. The fraction of sp³-hybridized carbons (Fsp3) is 0.545. The molecule has 18 heavy (non-hydrogen) atoms. The average molecular weight is 275 g/mol. The summed E-state index contributed by atoms with van der Waals surface area (Å²) in [5.74, 6) is -0.590. The van der Waals surface area contributed by atoms with Gasteiger partial charge in [-0.15, -0.1) is 0 Å². The first-order chi connectivity index (χ1) is 8.33. The van der Waals surface area contributed by atoms with Gasteiger partial charge in [0.05, 0.1) is 6.26 Å². The van der Waals surface area contributed by atoms with E-state index in [1.807, 2.05) is 0 Å². The van der Waals surface area contributed by atoms with Crippen LogP contribution in [0, 0.1) is 0 Å². The molecule has 0 bridgehead atoms. The predicted molar refractivity (Wildman–Crippen MR) is 65.6 cm³/mol. The lowest BCUT2D eigenvalue weighted by atomic mass is 10.2. The van der Waals surface area contributed by atoms with Gasteiger partial charge in [0.25, 0.3) is 0 Å². The SMILES string of the molecule is CC(CCc1ccco1)NS(=O)(=O)C(C)C(=O)O. The molecule has 0 spiro atoms. The van der Waals surface area contributed by atoms with E-state index in [0.29, 0.717) is 12.8 Å². The number of rotatable bonds is 7. The average Bonchev–Trinajstić information content (AvgIpc) is 2.77. The zero-order chi connectivity index (χ0) is 13.8. The molecule has 0 amide bonds. The third-order valence-corrected chi connectivity index (χ3v) is 4.45. The van der Waals surface area contributed by atoms with Crippen LogP contribution in [0.4, 0.5) is 0 Å². The van der Waals surface area contributed by atoms with Gasteiger partial charge in [0, 0.05) is 12.5 Å². The summed E-state index contributed by atoms with van der Waals surface area (Å²) in [6, 6.07) is 3.22. The highest BCUT2D eigenvalue weighted by Gasteiger charge is 2.28. The fourth-order valence-corrected chi connectivity index (χ4v) is 2.54. The molecule has 0 aliphatic heterocycles. The van der Waals surface area contributed by atoms with Crippen LogP contribution in [0.15, 0.2) is 22.8 Å². The third kappa shape index (κ3) is 4.15. The number of nitrogens with one attached hydrogen (secondary N) is 1. The molecule has 6 nitrogen and oxygen atoms in total. The smallest absolute Gasteiger partial charge is 0.323 e. The van der Waals surface area contributed by atoms with E-state index >= 15 is 0 Å². The molecule has 102 valence electrons. The highest BCUT2D eigenvalue weighted by molar-refractivity contribution is 7.90. The number of carboxylic acids is 1. The molecule has 1 rings (SSSR count). The summed E-state index contributed by atoms with van der Waals surface area (Å²) in [5, 5.41) is 7.22. The molecular formula is C11H17NO5S. The van der Waals surface area contributed by atoms with Crippen LogP contribution < -0.4 is 4.72 Å². The molecule has 0 saturated heterocycles. The maximum Gasteiger partial charge on any atom is 0.323 e. The number of hydrogen-bond donors (Lipinski definition) is 2. The van der Waals surface area contributed by atoms with E-state index in [4.69, 9.17) is 9.52 Å². The van der Waals surface area contributed by atoms with E-state index < -0.39 is 21.2 Å². The van der Waals surface area contributed by atoms with Crippen molar-refractivity contribution in [2.45, 2.75) is 38.0 Å². The number of sulfonamides is 1. The quantitative estimate of drug-likeness (QED) is 0.773. The lowest BCUT2D eigenvalue weighted by Crippen LogP contribution is -2.42. The second kappa shape index (κ2) is 6.01. The molecule has 2 unspecified atom stereocenters.